The molecule has 0 spiro atoms. The third-order valence-corrected chi connectivity index (χ3v) is 4.26. The Morgan fingerprint density at radius 3 is 2.64 bits per heavy atom. The van der Waals surface area contributed by atoms with E-state index >= 15 is 0 Å². The molecule has 7 heteroatoms. The summed E-state index contributed by atoms with van der Waals surface area (Å²) in [7, 11) is 1.65. The molecule has 0 N–H and O–H groups in total. The highest BCUT2D eigenvalue weighted by atomic mass is 32.1. The Labute approximate surface area is 130 Å². The second-order valence-electron chi connectivity index (χ2n) is 4.92. The largest absolute Gasteiger partial charge is 0.433 e. The first-order valence-corrected chi connectivity index (χ1v) is 7.44. The van der Waals surface area contributed by atoms with Crippen molar-refractivity contribution in [2.24, 2.45) is 0 Å². The molecule has 2 aromatic heterocycles. The zero-order valence-electron chi connectivity index (χ0n) is 12.1. The van der Waals surface area contributed by atoms with Crippen LogP contribution in [0.3, 0.4) is 0 Å². The molecule has 0 amide bonds. The molecule has 0 aliphatic heterocycles. The van der Waals surface area contributed by atoms with E-state index in [4.69, 9.17) is 5.26 Å². The SMILES string of the molecule is CC(Cc1cccs1)N(C)c1nc(C(F)(F)F)ccc1C#N. The van der Waals surface area contributed by atoms with Gasteiger partial charge in [-0.15, -0.1) is 11.3 Å². The van der Waals surface area contributed by atoms with Gasteiger partial charge in [0.25, 0.3) is 0 Å². The van der Waals surface area contributed by atoms with Crippen LogP contribution in [0.15, 0.2) is 29.6 Å². The van der Waals surface area contributed by atoms with Crippen LogP contribution in [0.2, 0.25) is 0 Å². The lowest BCUT2D eigenvalue weighted by molar-refractivity contribution is -0.141. The van der Waals surface area contributed by atoms with E-state index in [0.717, 1.165) is 10.9 Å². The summed E-state index contributed by atoms with van der Waals surface area (Å²) in [5.41, 5.74) is -0.856. The average molecular weight is 325 g/mol. The van der Waals surface area contributed by atoms with E-state index in [1.807, 2.05) is 30.5 Å². The third-order valence-electron chi connectivity index (χ3n) is 3.36. The quantitative estimate of drug-likeness (QED) is 0.849. The number of hydrogen-bond donors (Lipinski definition) is 0. The fourth-order valence-corrected chi connectivity index (χ4v) is 2.85. The molecular formula is C15H14F3N3S. The molecule has 2 aromatic rings. The van der Waals surface area contributed by atoms with Gasteiger partial charge in [-0.2, -0.15) is 18.4 Å². The van der Waals surface area contributed by atoms with Crippen molar-refractivity contribution in [2.45, 2.75) is 25.6 Å². The highest BCUT2D eigenvalue weighted by molar-refractivity contribution is 7.09. The van der Waals surface area contributed by atoms with Gasteiger partial charge in [0.1, 0.15) is 17.6 Å². The van der Waals surface area contributed by atoms with Crippen molar-refractivity contribution >= 4 is 17.2 Å². The molecule has 0 aliphatic carbocycles. The molecule has 1 atom stereocenters. The standard InChI is InChI=1S/C15H14F3N3S/c1-10(8-12-4-3-7-22-12)21(2)14-11(9-19)5-6-13(20-14)15(16,17)18/h3-7,10H,8H2,1-2H3. The van der Waals surface area contributed by atoms with Crippen molar-refractivity contribution < 1.29 is 13.2 Å². The molecule has 3 nitrogen and oxygen atoms in total. The molecular weight excluding hydrogens is 311 g/mol. The maximum Gasteiger partial charge on any atom is 0.433 e. The molecule has 0 aliphatic rings. The van der Waals surface area contributed by atoms with Crippen LogP contribution in [-0.4, -0.2) is 18.1 Å². The minimum atomic E-state index is -4.53. The number of aromatic nitrogens is 1. The van der Waals surface area contributed by atoms with Gasteiger partial charge in [0, 0.05) is 24.4 Å². The number of anilines is 1. The Bertz CT molecular complexity index is 674. The number of rotatable bonds is 4. The lowest BCUT2D eigenvalue weighted by Crippen LogP contribution is -2.32. The van der Waals surface area contributed by atoms with E-state index < -0.39 is 11.9 Å². The van der Waals surface area contributed by atoms with Gasteiger partial charge in [0.05, 0.1) is 5.56 Å². The van der Waals surface area contributed by atoms with Crippen LogP contribution in [0.4, 0.5) is 19.0 Å². The van der Waals surface area contributed by atoms with Crippen LogP contribution in [0.25, 0.3) is 0 Å². The van der Waals surface area contributed by atoms with Gasteiger partial charge >= 0.3 is 6.18 Å². The molecule has 0 saturated heterocycles. The lowest BCUT2D eigenvalue weighted by Gasteiger charge is -2.27. The highest BCUT2D eigenvalue weighted by Crippen LogP contribution is 2.31. The van der Waals surface area contributed by atoms with E-state index in [1.165, 1.54) is 6.07 Å². The van der Waals surface area contributed by atoms with E-state index in [0.29, 0.717) is 6.42 Å². The molecule has 0 saturated carbocycles. The predicted octanol–water partition coefficient (Wildman–Crippen LogP) is 4.10. The van der Waals surface area contributed by atoms with Gasteiger partial charge in [-0.05, 0) is 30.5 Å². The fraction of sp³-hybridized carbons (Fsp3) is 0.333. The monoisotopic (exact) mass is 325 g/mol. The summed E-state index contributed by atoms with van der Waals surface area (Å²) in [6.07, 6.45) is -3.85. The van der Waals surface area contributed by atoms with Crippen molar-refractivity contribution in [3.63, 3.8) is 0 Å². The summed E-state index contributed by atoms with van der Waals surface area (Å²) < 4.78 is 38.4. The van der Waals surface area contributed by atoms with Crippen molar-refractivity contribution in [1.29, 1.82) is 5.26 Å². The van der Waals surface area contributed by atoms with Crippen LogP contribution in [0.1, 0.15) is 23.1 Å². The maximum atomic E-state index is 12.8. The van der Waals surface area contributed by atoms with Gasteiger partial charge in [-0.25, -0.2) is 4.98 Å². The van der Waals surface area contributed by atoms with Crippen LogP contribution in [0.5, 0.6) is 0 Å². The van der Waals surface area contributed by atoms with Crippen molar-refractivity contribution in [3.05, 3.63) is 45.8 Å². The number of likely N-dealkylation sites (N-methyl/N-ethyl adjacent to an activating group) is 1. The average Bonchev–Trinajstić information content (AvgIpc) is 2.97. The van der Waals surface area contributed by atoms with Crippen LogP contribution >= 0.6 is 11.3 Å². The number of halogens is 3. The molecule has 2 heterocycles. The van der Waals surface area contributed by atoms with E-state index in [2.05, 4.69) is 4.98 Å². The van der Waals surface area contributed by atoms with Crippen LogP contribution in [0, 0.1) is 11.3 Å². The molecule has 1 unspecified atom stereocenters. The number of nitrogens with zero attached hydrogens (tertiary/aromatic N) is 3. The predicted molar refractivity (Wildman–Crippen MR) is 79.8 cm³/mol. The molecule has 0 aromatic carbocycles. The van der Waals surface area contributed by atoms with Gasteiger partial charge in [0.15, 0.2) is 0 Å². The minimum Gasteiger partial charge on any atom is -0.356 e. The smallest absolute Gasteiger partial charge is 0.356 e. The lowest BCUT2D eigenvalue weighted by atomic mass is 10.1. The van der Waals surface area contributed by atoms with E-state index in [-0.39, 0.29) is 17.4 Å². The van der Waals surface area contributed by atoms with Gasteiger partial charge in [-0.3, -0.25) is 0 Å². The number of pyridine rings is 1. The van der Waals surface area contributed by atoms with Crippen LogP contribution < -0.4 is 4.90 Å². The summed E-state index contributed by atoms with van der Waals surface area (Å²) in [4.78, 5) is 6.39. The first-order valence-electron chi connectivity index (χ1n) is 6.56. The fourth-order valence-electron chi connectivity index (χ4n) is 2.03. The Balaban J connectivity index is 2.31. The first-order chi connectivity index (χ1) is 10.3. The summed E-state index contributed by atoms with van der Waals surface area (Å²) in [6.45, 7) is 1.89. The maximum absolute atomic E-state index is 12.8. The van der Waals surface area contributed by atoms with E-state index in [9.17, 15) is 13.2 Å². The number of hydrogen-bond acceptors (Lipinski definition) is 4. The minimum absolute atomic E-state index is 0.0568. The molecule has 0 radical (unpaired) electrons. The zero-order chi connectivity index (χ0) is 16.3. The van der Waals surface area contributed by atoms with Crippen molar-refractivity contribution in [3.8, 4) is 6.07 Å². The molecule has 22 heavy (non-hydrogen) atoms. The molecule has 2 rings (SSSR count). The second-order valence-corrected chi connectivity index (χ2v) is 5.95. The number of alkyl halides is 3. The van der Waals surface area contributed by atoms with Gasteiger partial charge in [0.2, 0.25) is 0 Å². The van der Waals surface area contributed by atoms with Gasteiger partial charge < -0.3 is 4.90 Å². The number of nitriles is 1. The van der Waals surface area contributed by atoms with Crippen LogP contribution in [-0.2, 0) is 12.6 Å². The Morgan fingerprint density at radius 2 is 2.09 bits per heavy atom. The normalized spacial score (nSPS) is 12.7. The zero-order valence-corrected chi connectivity index (χ0v) is 12.9. The van der Waals surface area contributed by atoms with Crippen molar-refractivity contribution in [2.75, 3.05) is 11.9 Å². The molecule has 0 bridgehead atoms. The highest BCUT2D eigenvalue weighted by Gasteiger charge is 2.33. The first kappa shape index (κ1) is 16.3. The summed E-state index contributed by atoms with van der Waals surface area (Å²) in [6, 6.07) is 7.72. The molecule has 0 fully saturated rings. The van der Waals surface area contributed by atoms with Crippen molar-refractivity contribution in [1.82, 2.24) is 4.98 Å². The summed E-state index contributed by atoms with van der Waals surface area (Å²) in [5.74, 6) is 0.0568. The topological polar surface area (TPSA) is 39.9 Å². The van der Waals surface area contributed by atoms with Gasteiger partial charge in [-0.1, -0.05) is 6.07 Å². The summed E-state index contributed by atoms with van der Waals surface area (Å²) >= 11 is 1.59. The Kier molecular flexibility index (Phi) is 4.71. The van der Waals surface area contributed by atoms with E-state index in [1.54, 1.807) is 23.3 Å². The molecule has 116 valence electrons. The second kappa shape index (κ2) is 6.36. The Morgan fingerprint density at radius 1 is 1.36 bits per heavy atom. The third kappa shape index (κ3) is 3.57. The Hall–Kier alpha value is -2.07. The summed E-state index contributed by atoms with van der Waals surface area (Å²) in [5, 5.41) is 11.1. The number of thiophene rings is 1.